The number of rotatable bonds is 1. The van der Waals surface area contributed by atoms with Crippen molar-refractivity contribution < 1.29 is 13.9 Å². The van der Waals surface area contributed by atoms with E-state index in [1.165, 1.54) is 6.92 Å². The summed E-state index contributed by atoms with van der Waals surface area (Å²) in [7, 11) is 0. The molecule has 54 valence electrons. The number of hydrogen-bond acceptors (Lipinski definition) is 3. The van der Waals surface area contributed by atoms with Crippen molar-refractivity contribution in [1.82, 2.24) is 0 Å². The van der Waals surface area contributed by atoms with E-state index in [9.17, 15) is 4.79 Å². The molecule has 0 bridgehead atoms. The van der Waals surface area contributed by atoms with E-state index in [1.54, 1.807) is 19.1 Å². The molecule has 3 nitrogen and oxygen atoms in total. The number of ether oxygens (including phenoxy) is 1. The number of carbonyl (C=O) groups excluding carboxylic acids is 1. The molecule has 0 unspecified atom stereocenters. The van der Waals surface area contributed by atoms with Gasteiger partial charge in [-0.2, -0.15) is 0 Å². The Bertz CT molecular complexity index is 237. The molecule has 1 aromatic heterocycles. The first-order valence-electron chi connectivity index (χ1n) is 2.93. The Balaban J connectivity index is 2.67. The lowest BCUT2D eigenvalue weighted by Crippen LogP contribution is -1.99. The van der Waals surface area contributed by atoms with Crippen molar-refractivity contribution in [3.63, 3.8) is 0 Å². The van der Waals surface area contributed by atoms with Crippen LogP contribution in [0.3, 0.4) is 0 Å². The molecule has 0 aliphatic rings. The zero-order chi connectivity index (χ0) is 7.56. The van der Waals surface area contributed by atoms with Gasteiger partial charge in [0.05, 0.1) is 0 Å². The number of carbonyl (C=O) groups is 1. The molecule has 0 saturated carbocycles. The van der Waals surface area contributed by atoms with Gasteiger partial charge in [0.1, 0.15) is 5.76 Å². The van der Waals surface area contributed by atoms with E-state index in [0.717, 1.165) is 5.76 Å². The minimum atomic E-state index is -0.366. The van der Waals surface area contributed by atoms with E-state index in [2.05, 4.69) is 4.74 Å². The molecule has 1 rings (SSSR count). The second-order valence-corrected chi connectivity index (χ2v) is 1.96. The lowest BCUT2D eigenvalue weighted by atomic mass is 10.5. The van der Waals surface area contributed by atoms with Gasteiger partial charge in [0.25, 0.3) is 5.95 Å². The van der Waals surface area contributed by atoms with Crippen LogP contribution in [0.4, 0.5) is 0 Å². The predicted octanol–water partition coefficient (Wildman–Crippen LogP) is 1.51. The summed E-state index contributed by atoms with van der Waals surface area (Å²) in [6.45, 7) is 3.12. The van der Waals surface area contributed by atoms with E-state index < -0.39 is 0 Å². The molecule has 0 spiro atoms. The Hall–Kier alpha value is -1.25. The molecular formula is C7H8O3. The molecule has 0 saturated heterocycles. The summed E-state index contributed by atoms with van der Waals surface area (Å²) in [6.07, 6.45) is 0. The number of hydrogen-bond donors (Lipinski definition) is 0. The van der Waals surface area contributed by atoms with Crippen LogP contribution >= 0.6 is 0 Å². The largest absolute Gasteiger partial charge is 0.431 e. The Kier molecular flexibility index (Phi) is 1.76. The highest BCUT2D eigenvalue weighted by Crippen LogP contribution is 2.14. The highest BCUT2D eigenvalue weighted by atomic mass is 16.6. The zero-order valence-electron chi connectivity index (χ0n) is 5.88. The summed E-state index contributed by atoms with van der Waals surface area (Å²) in [5, 5.41) is 0. The Morgan fingerprint density at radius 2 is 2.30 bits per heavy atom. The fraction of sp³-hybridized carbons (Fsp3) is 0.286. The van der Waals surface area contributed by atoms with Gasteiger partial charge in [0, 0.05) is 13.0 Å². The summed E-state index contributed by atoms with van der Waals surface area (Å²) >= 11 is 0. The van der Waals surface area contributed by atoms with Crippen LogP contribution < -0.4 is 4.74 Å². The van der Waals surface area contributed by atoms with Gasteiger partial charge in [0.15, 0.2) is 0 Å². The lowest BCUT2D eigenvalue weighted by molar-refractivity contribution is -0.133. The molecule has 1 heterocycles. The topological polar surface area (TPSA) is 39.4 Å². The van der Waals surface area contributed by atoms with Gasteiger partial charge >= 0.3 is 5.97 Å². The highest BCUT2D eigenvalue weighted by Gasteiger charge is 2.00. The van der Waals surface area contributed by atoms with Crippen molar-refractivity contribution in [2.45, 2.75) is 13.8 Å². The standard InChI is InChI=1S/C7H8O3/c1-5-3-4-7(9-5)10-6(2)8/h3-4H,1-2H3. The quantitative estimate of drug-likeness (QED) is 0.555. The second-order valence-electron chi connectivity index (χ2n) is 1.96. The van der Waals surface area contributed by atoms with Crippen molar-refractivity contribution >= 4 is 5.97 Å². The van der Waals surface area contributed by atoms with Gasteiger partial charge in [0.2, 0.25) is 0 Å². The molecule has 3 heteroatoms. The summed E-state index contributed by atoms with van der Waals surface area (Å²) < 4.78 is 9.58. The maximum absolute atomic E-state index is 10.3. The molecule has 0 fully saturated rings. The van der Waals surface area contributed by atoms with Crippen LogP contribution in [0.5, 0.6) is 5.95 Å². The van der Waals surface area contributed by atoms with Gasteiger partial charge in [-0.1, -0.05) is 0 Å². The molecule has 0 amide bonds. The monoisotopic (exact) mass is 140 g/mol. The van der Waals surface area contributed by atoms with Gasteiger partial charge in [-0.15, -0.1) is 0 Å². The Labute approximate surface area is 58.6 Å². The van der Waals surface area contributed by atoms with Crippen molar-refractivity contribution in [2.75, 3.05) is 0 Å². The van der Waals surface area contributed by atoms with Crippen LogP contribution in [0.1, 0.15) is 12.7 Å². The maximum atomic E-state index is 10.3. The van der Waals surface area contributed by atoms with Crippen LogP contribution in [0, 0.1) is 6.92 Å². The summed E-state index contributed by atoms with van der Waals surface area (Å²) in [4.78, 5) is 10.3. The molecule has 0 aliphatic heterocycles. The average Bonchev–Trinajstić information content (AvgIpc) is 2.13. The summed E-state index contributed by atoms with van der Waals surface area (Å²) in [5.74, 6) is 0.621. The normalized spacial score (nSPS) is 9.40. The Morgan fingerprint density at radius 1 is 1.60 bits per heavy atom. The van der Waals surface area contributed by atoms with Crippen molar-refractivity contribution in [3.8, 4) is 5.95 Å². The third kappa shape index (κ3) is 1.62. The fourth-order valence-corrected chi connectivity index (χ4v) is 0.609. The van der Waals surface area contributed by atoms with Crippen LogP contribution in [-0.4, -0.2) is 5.97 Å². The third-order valence-electron chi connectivity index (χ3n) is 0.960. The van der Waals surface area contributed by atoms with E-state index in [0.29, 0.717) is 0 Å². The van der Waals surface area contributed by atoms with Crippen LogP contribution in [-0.2, 0) is 4.79 Å². The first-order valence-corrected chi connectivity index (χ1v) is 2.93. The van der Waals surface area contributed by atoms with Crippen molar-refractivity contribution in [1.29, 1.82) is 0 Å². The number of aryl methyl sites for hydroxylation is 1. The fourth-order valence-electron chi connectivity index (χ4n) is 0.609. The van der Waals surface area contributed by atoms with Crippen LogP contribution in [0.2, 0.25) is 0 Å². The highest BCUT2D eigenvalue weighted by molar-refractivity contribution is 5.68. The number of esters is 1. The lowest BCUT2D eigenvalue weighted by Gasteiger charge is -1.92. The van der Waals surface area contributed by atoms with Gasteiger partial charge in [-0.25, -0.2) is 0 Å². The minimum Gasteiger partial charge on any atom is -0.431 e. The SMILES string of the molecule is CC(=O)Oc1ccc(C)o1. The molecule has 0 aliphatic carbocycles. The minimum absolute atomic E-state index is 0.255. The molecule has 0 N–H and O–H groups in total. The second kappa shape index (κ2) is 2.56. The van der Waals surface area contributed by atoms with Gasteiger partial charge in [-0.3, -0.25) is 4.79 Å². The molecule has 0 atom stereocenters. The smallest absolute Gasteiger partial charge is 0.310 e. The molecule has 1 aromatic rings. The maximum Gasteiger partial charge on any atom is 0.310 e. The van der Waals surface area contributed by atoms with Crippen LogP contribution in [0.25, 0.3) is 0 Å². The van der Waals surface area contributed by atoms with Gasteiger partial charge in [-0.05, 0) is 13.0 Å². The first-order chi connectivity index (χ1) is 4.68. The third-order valence-corrected chi connectivity index (χ3v) is 0.960. The van der Waals surface area contributed by atoms with Crippen LogP contribution in [0.15, 0.2) is 16.5 Å². The molecule has 10 heavy (non-hydrogen) atoms. The zero-order valence-corrected chi connectivity index (χ0v) is 5.88. The van der Waals surface area contributed by atoms with Crippen molar-refractivity contribution in [2.24, 2.45) is 0 Å². The van der Waals surface area contributed by atoms with E-state index in [1.807, 2.05) is 0 Å². The predicted molar refractivity (Wildman–Crippen MR) is 34.8 cm³/mol. The number of furan rings is 1. The Morgan fingerprint density at radius 3 is 2.70 bits per heavy atom. The first kappa shape index (κ1) is 6.86. The molecule has 0 aromatic carbocycles. The van der Waals surface area contributed by atoms with E-state index >= 15 is 0 Å². The summed E-state index contributed by atoms with van der Waals surface area (Å²) in [6, 6.07) is 3.34. The van der Waals surface area contributed by atoms with E-state index in [4.69, 9.17) is 4.42 Å². The molecular weight excluding hydrogens is 132 g/mol. The summed E-state index contributed by atoms with van der Waals surface area (Å²) in [5.41, 5.74) is 0. The van der Waals surface area contributed by atoms with E-state index in [-0.39, 0.29) is 11.9 Å². The van der Waals surface area contributed by atoms with Gasteiger partial charge < -0.3 is 9.15 Å². The van der Waals surface area contributed by atoms with Crippen molar-refractivity contribution in [3.05, 3.63) is 17.9 Å². The molecule has 0 radical (unpaired) electrons. The average molecular weight is 140 g/mol.